The van der Waals surface area contributed by atoms with Crippen molar-refractivity contribution in [1.29, 1.82) is 0 Å². The van der Waals surface area contributed by atoms with Gasteiger partial charge in [0.25, 0.3) is 0 Å². The molecule has 3 aromatic rings. The average molecular weight is 682 g/mol. The predicted octanol–water partition coefficient (Wildman–Crippen LogP) is 8.02. The average Bonchev–Trinajstić information content (AvgIpc) is 3.18. The van der Waals surface area contributed by atoms with E-state index in [9.17, 15) is 9.59 Å². The molecule has 3 rings (SSSR count). The molecule has 0 aliphatic carbocycles. The van der Waals surface area contributed by atoms with Gasteiger partial charge in [-0.05, 0) is 95.0 Å². The molecule has 11 heteroatoms. The molecule has 0 aliphatic rings. The molecule has 2 amide bonds. The lowest BCUT2D eigenvalue weighted by molar-refractivity contribution is -0.118. The molecular formula is C31H42BrClN4O4S. The Bertz CT molecular complexity index is 1330. The van der Waals surface area contributed by atoms with E-state index in [1.54, 1.807) is 38.6 Å². The van der Waals surface area contributed by atoms with Gasteiger partial charge in [-0.1, -0.05) is 46.6 Å². The van der Waals surface area contributed by atoms with Crippen LogP contribution in [0.1, 0.15) is 51.1 Å². The Morgan fingerprint density at radius 1 is 1.12 bits per heavy atom. The second-order valence-electron chi connectivity index (χ2n) is 10.7. The summed E-state index contributed by atoms with van der Waals surface area (Å²) in [4.78, 5) is 25.9. The van der Waals surface area contributed by atoms with Gasteiger partial charge in [0.1, 0.15) is 18.4 Å². The number of benzene rings is 2. The van der Waals surface area contributed by atoms with Crippen LogP contribution in [0.2, 0.25) is 5.02 Å². The number of carbonyl (C=O) groups is 2. The number of hydrogen-bond donors (Lipinski definition) is 2. The minimum Gasteiger partial charge on any atom is -0.444 e. The summed E-state index contributed by atoms with van der Waals surface area (Å²) < 4.78 is 13.7. The topological polar surface area (TPSA) is 94.5 Å². The summed E-state index contributed by atoms with van der Waals surface area (Å²) in [6.45, 7) is 12.4. The molecule has 1 unspecified atom stereocenters. The molecule has 8 nitrogen and oxygen atoms in total. The van der Waals surface area contributed by atoms with E-state index >= 15 is 0 Å². The maximum atomic E-state index is 13.3. The second-order valence-corrected chi connectivity index (χ2v) is 12.8. The summed E-state index contributed by atoms with van der Waals surface area (Å²) in [7, 11) is 0. The largest absolute Gasteiger partial charge is 0.444 e. The Kier molecular flexibility index (Phi) is 14.4. The molecule has 2 N–H and O–H groups in total. The van der Waals surface area contributed by atoms with Gasteiger partial charge in [0.05, 0.1) is 5.69 Å². The van der Waals surface area contributed by atoms with Gasteiger partial charge in [-0.2, -0.15) is 16.9 Å². The van der Waals surface area contributed by atoms with E-state index in [1.807, 2.05) is 67.4 Å². The van der Waals surface area contributed by atoms with Gasteiger partial charge >= 0.3 is 6.09 Å². The lowest BCUT2D eigenvalue weighted by Gasteiger charge is -2.23. The number of amides is 2. The number of anilines is 1. The minimum absolute atomic E-state index is 0.180. The van der Waals surface area contributed by atoms with Crippen molar-refractivity contribution in [2.24, 2.45) is 0 Å². The van der Waals surface area contributed by atoms with Crippen molar-refractivity contribution in [2.45, 2.75) is 72.8 Å². The quantitative estimate of drug-likeness (QED) is 0.211. The fourth-order valence-electron chi connectivity index (χ4n) is 4.06. The number of hydrogen-bond acceptors (Lipinski definition) is 6. The molecule has 2 aromatic carbocycles. The van der Waals surface area contributed by atoms with E-state index in [0.29, 0.717) is 29.6 Å². The van der Waals surface area contributed by atoms with Gasteiger partial charge < -0.3 is 20.1 Å². The first kappa shape index (κ1) is 35.7. The number of nitrogens with zero attached hydrogens (tertiary/aromatic N) is 2. The summed E-state index contributed by atoms with van der Waals surface area (Å²) in [6, 6.07) is 12.0. The van der Waals surface area contributed by atoms with Crippen LogP contribution in [-0.4, -0.2) is 52.5 Å². The van der Waals surface area contributed by atoms with Crippen molar-refractivity contribution in [1.82, 2.24) is 15.1 Å². The molecule has 0 fully saturated rings. The van der Waals surface area contributed by atoms with E-state index in [2.05, 4.69) is 38.6 Å². The summed E-state index contributed by atoms with van der Waals surface area (Å²) in [6.07, 6.45) is 4.53. The fourth-order valence-corrected chi connectivity index (χ4v) is 4.67. The Balaban J connectivity index is 0.00000197. The summed E-state index contributed by atoms with van der Waals surface area (Å²) in [5.74, 6) is -0.391. The number of ether oxygens (including phenoxy) is 2. The Labute approximate surface area is 267 Å². The van der Waals surface area contributed by atoms with Crippen molar-refractivity contribution in [3.63, 3.8) is 0 Å². The standard InChI is InChI=1S/C29H36BrClN4O4.C2H6S/c1-7-14-38-17-35-19(3)26(18(2)34-35)20-8-11-23(12-9-20)32-27(36)25(33-28(37)39-29(4,5)6)16-21-15-22(30)10-13-24(21)31;1-3-2/h8-13,15,25H,7,14,16-17H2,1-6H3,(H,32,36)(H,33,37);1-2H3. The highest BCUT2D eigenvalue weighted by Gasteiger charge is 2.26. The third-order valence-corrected chi connectivity index (χ3v) is 6.69. The normalized spacial score (nSPS) is 11.8. The monoisotopic (exact) mass is 680 g/mol. The fraction of sp³-hybridized carbons (Fsp3) is 0.452. The first-order chi connectivity index (χ1) is 19.8. The summed E-state index contributed by atoms with van der Waals surface area (Å²) in [5, 5.41) is 10.7. The molecule has 230 valence electrons. The van der Waals surface area contributed by atoms with Crippen molar-refractivity contribution in [3.8, 4) is 11.1 Å². The second kappa shape index (κ2) is 16.9. The third-order valence-electron chi connectivity index (χ3n) is 5.82. The summed E-state index contributed by atoms with van der Waals surface area (Å²) >= 11 is 11.6. The highest BCUT2D eigenvalue weighted by atomic mass is 79.9. The molecule has 0 bridgehead atoms. The van der Waals surface area contributed by atoms with E-state index in [0.717, 1.165) is 33.4 Å². The smallest absolute Gasteiger partial charge is 0.408 e. The number of carbonyl (C=O) groups excluding carboxylic acids is 2. The number of thioether (sulfide) groups is 1. The molecule has 0 aliphatic heterocycles. The minimum atomic E-state index is -0.919. The Morgan fingerprint density at radius 2 is 1.76 bits per heavy atom. The van der Waals surface area contributed by atoms with Crippen LogP contribution in [0, 0.1) is 13.8 Å². The van der Waals surface area contributed by atoms with Gasteiger partial charge in [0.15, 0.2) is 0 Å². The molecule has 0 saturated carbocycles. The predicted molar refractivity (Wildman–Crippen MR) is 177 cm³/mol. The van der Waals surface area contributed by atoms with E-state index in [4.69, 9.17) is 21.1 Å². The third kappa shape index (κ3) is 11.3. The van der Waals surface area contributed by atoms with Crippen LogP contribution in [0.3, 0.4) is 0 Å². The van der Waals surface area contributed by atoms with E-state index in [-0.39, 0.29) is 6.42 Å². The van der Waals surface area contributed by atoms with Gasteiger partial charge in [-0.3, -0.25) is 4.79 Å². The Morgan fingerprint density at radius 3 is 2.36 bits per heavy atom. The first-order valence-electron chi connectivity index (χ1n) is 13.7. The first-order valence-corrected chi connectivity index (χ1v) is 16.5. The van der Waals surface area contributed by atoms with Crippen LogP contribution in [0.25, 0.3) is 11.1 Å². The van der Waals surface area contributed by atoms with Crippen molar-refractivity contribution < 1.29 is 19.1 Å². The van der Waals surface area contributed by atoms with Gasteiger partial charge in [-0.25, -0.2) is 9.48 Å². The van der Waals surface area contributed by atoms with E-state index < -0.39 is 23.6 Å². The zero-order valence-corrected chi connectivity index (χ0v) is 28.8. The zero-order chi connectivity index (χ0) is 31.4. The molecule has 1 aromatic heterocycles. The van der Waals surface area contributed by atoms with Crippen LogP contribution in [-0.2, 0) is 27.4 Å². The summed E-state index contributed by atoms with van der Waals surface area (Å²) in [5.41, 5.74) is 4.51. The van der Waals surface area contributed by atoms with Gasteiger partial charge in [0.2, 0.25) is 5.91 Å². The molecule has 0 saturated heterocycles. The van der Waals surface area contributed by atoms with Crippen molar-refractivity contribution in [3.05, 3.63) is 68.9 Å². The number of nitrogens with one attached hydrogen (secondary N) is 2. The number of rotatable bonds is 10. The molecule has 0 spiro atoms. The maximum absolute atomic E-state index is 13.3. The molecule has 1 atom stereocenters. The van der Waals surface area contributed by atoms with Crippen LogP contribution >= 0.6 is 39.3 Å². The van der Waals surface area contributed by atoms with Gasteiger partial charge in [-0.15, -0.1) is 0 Å². The van der Waals surface area contributed by atoms with Crippen LogP contribution in [0.4, 0.5) is 10.5 Å². The van der Waals surface area contributed by atoms with Crippen LogP contribution in [0.5, 0.6) is 0 Å². The lowest BCUT2D eigenvalue weighted by atomic mass is 10.0. The Hall–Kier alpha value is -2.53. The molecule has 0 radical (unpaired) electrons. The number of aryl methyl sites for hydroxylation is 1. The number of aromatic nitrogens is 2. The molecule has 1 heterocycles. The lowest BCUT2D eigenvalue weighted by Crippen LogP contribution is -2.47. The van der Waals surface area contributed by atoms with Crippen LogP contribution < -0.4 is 10.6 Å². The maximum Gasteiger partial charge on any atom is 0.408 e. The van der Waals surface area contributed by atoms with Crippen molar-refractivity contribution >= 4 is 57.0 Å². The highest BCUT2D eigenvalue weighted by Crippen LogP contribution is 2.28. The number of alkyl carbamates (subject to hydrolysis) is 1. The van der Waals surface area contributed by atoms with E-state index in [1.165, 1.54) is 0 Å². The SMILES string of the molecule is CCCOCn1nc(C)c(-c2ccc(NC(=O)C(Cc3cc(Br)ccc3Cl)NC(=O)OC(C)(C)C)cc2)c1C.CSC. The molecule has 42 heavy (non-hydrogen) atoms. The van der Waals surface area contributed by atoms with Crippen molar-refractivity contribution in [2.75, 3.05) is 24.4 Å². The number of halogens is 2. The molecular weight excluding hydrogens is 640 g/mol. The zero-order valence-electron chi connectivity index (χ0n) is 25.6. The van der Waals surface area contributed by atoms with Gasteiger partial charge in [0, 0.05) is 39.5 Å². The van der Waals surface area contributed by atoms with Crippen LogP contribution in [0.15, 0.2) is 46.9 Å². The highest BCUT2D eigenvalue weighted by molar-refractivity contribution is 9.10.